The third kappa shape index (κ3) is 12.3. The van der Waals surface area contributed by atoms with E-state index in [-0.39, 0.29) is 0 Å². The Kier molecular flexibility index (Phi) is 8.73. The van der Waals surface area contributed by atoms with Gasteiger partial charge in [-0.1, -0.05) is 0 Å². The molecule has 0 saturated carbocycles. The molecule has 13 nitrogen and oxygen atoms in total. The molecule has 0 amide bonds. The molecule has 0 aromatic carbocycles. The molecule has 1 unspecified atom stereocenters. The van der Waals surface area contributed by atoms with E-state index in [9.17, 15) is 14.6 Å². The maximum atomic E-state index is 11.3. The molecule has 0 heterocycles. The number of hydrogen-bond donors (Lipinski definition) is 8. The Morgan fingerprint density at radius 2 is 1.52 bits per heavy atom. The average Bonchev–Trinajstić information content (AvgIpc) is 2.21. The molecule has 0 fully saturated rings. The van der Waals surface area contributed by atoms with Crippen LogP contribution in [0.15, 0.2) is 0 Å². The predicted molar refractivity (Wildman–Crippen MR) is 76.3 cm³/mol. The first kappa shape index (κ1) is 23.3. The third-order valence-electron chi connectivity index (χ3n) is 2.20. The fourth-order valence-corrected chi connectivity index (χ4v) is 3.79. The summed E-state index contributed by atoms with van der Waals surface area (Å²) in [4.78, 5) is 82.2. The highest BCUT2D eigenvalue weighted by molar-refractivity contribution is 7.67. The van der Waals surface area contributed by atoms with Gasteiger partial charge in [0, 0.05) is 6.42 Å². The first-order chi connectivity index (χ1) is 10.1. The fourth-order valence-electron chi connectivity index (χ4n) is 1.39. The van der Waals surface area contributed by atoms with Crippen LogP contribution in [0.1, 0.15) is 19.8 Å². The van der Waals surface area contributed by atoms with Gasteiger partial charge in [0.1, 0.15) is 12.2 Å². The largest absolute Gasteiger partial charge is 0.620 e. The van der Waals surface area contributed by atoms with Crippen LogP contribution in [0, 0.1) is 0 Å². The number of carbonyl (C=O) groups is 1. The van der Waals surface area contributed by atoms with Crippen LogP contribution in [0.3, 0.4) is 0 Å². The number of carbonyl (C=O) groups excluding carboxylic acids is 1. The lowest BCUT2D eigenvalue weighted by atomic mass is 9.99. The Balaban J connectivity index is 4.76. The second-order valence-corrected chi connectivity index (χ2v) is 8.60. The molecule has 0 radical (unpaired) electrons. The highest BCUT2D eigenvalue weighted by Gasteiger charge is 2.58. The molecule has 16 heteroatoms. The molecule has 0 aliphatic rings. The van der Waals surface area contributed by atoms with E-state index in [0.717, 1.165) is 7.11 Å². The van der Waals surface area contributed by atoms with Gasteiger partial charge in [0.05, 0.1) is 17.8 Å². The fraction of sp³-hybridized carbons (Fsp3) is 0.857. The van der Waals surface area contributed by atoms with Gasteiger partial charge < -0.3 is 4.74 Å². The summed E-state index contributed by atoms with van der Waals surface area (Å²) in [5, 5.41) is 0. The van der Waals surface area contributed by atoms with Crippen LogP contribution in [0.2, 0.25) is 0 Å². The van der Waals surface area contributed by atoms with E-state index in [0.29, 0.717) is 0 Å². The molecular formula is C7H20O13P3+3. The zero-order valence-corrected chi connectivity index (χ0v) is 14.8. The van der Waals surface area contributed by atoms with E-state index in [1.54, 1.807) is 0 Å². The summed E-state index contributed by atoms with van der Waals surface area (Å²) in [6, 6.07) is 0. The van der Waals surface area contributed by atoms with Crippen molar-refractivity contribution in [3.63, 3.8) is 0 Å². The van der Waals surface area contributed by atoms with Crippen LogP contribution in [-0.2, 0) is 22.9 Å². The number of esters is 1. The molecule has 23 heavy (non-hydrogen) atoms. The Bertz CT molecular complexity index is 390. The molecule has 138 valence electrons. The van der Waals surface area contributed by atoms with Crippen molar-refractivity contribution in [3.8, 4) is 0 Å². The topological polar surface area (TPSA) is 216 Å². The van der Waals surface area contributed by atoms with Crippen LogP contribution >= 0.6 is 24.5 Å². The van der Waals surface area contributed by atoms with Crippen molar-refractivity contribution in [3.05, 3.63) is 0 Å². The van der Waals surface area contributed by atoms with Crippen molar-refractivity contribution in [2.75, 3.05) is 13.7 Å². The highest BCUT2D eigenvalue weighted by Crippen LogP contribution is 2.67. The van der Waals surface area contributed by atoms with Crippen molar-refractivity contribution in [1.82, 2.24) is 0 Å². The molecule has 0 aliphatic heterocycles. The number of methoxy groups -OCH3 is 1. The molecule has 0 aromatic rings. The monoisotopic (exact) mass is 405 g/mol. The van der Waals surface area contributed by atoms with Crippen molar-refractivity contribution in [2.24, 2.45) is 0 Å². The van der Waals surface area contributed by atoms with Crippen molar-refractivity contribution in [1.29, 1.82) is 0 Å². The molecule has 0 bridgehead atoms. The van der Waals surface area contributed by atoms with Crippen LogP contribution in [0.4, 0.5) is 0 Å². The minimum atomic E-state index is -4.97. The summed E-state index contributed by atoms with van der Waals surface area (Å²) < 4.78 is 17.1. The van der Waals surface area contributed by atoms with E-state index in [1.807, 2.05) is 0 Å². The number of hydrogen-bond acceptors (Lipinski definition) is 13. The van der Waals surface area contributed by atoms with Crippen LogP contribution in [-0.4, -0.2) is 64.4 Å². The van der Waals surface area contributed by atoms with Gasteiger partial charge in [0.25, 0.3) is 0 Å². The van der Waals surface area contributed by atoms with Gasteiger partial charge >= 0.3 is 30.5 Å². The van der Waals surface area contributed by atoms with Gasteiger partial charge in [-0.05, 0) is 6.92 Å². The molecule has 0 aromatic heterocycles. The minimum absolute atomic E-state index is 0.411. The first-order valence-electron chi connectivity index (χ1n) is 5.70. The van der Waals surface area contributed by atoms with E-state index >= 15 is 0 Å². The lowest BCUT2D eigenvalue weighted by molar-refractivity contribution is -0.145. The van der Waals surface area contributed by atoms with Gasteiger partial charge in [-0.3, -0.25) is 4.79 Å². The molecule has 0 aliphatic carbocycles. The third-order valence-corrected chi connectivity index (χ3v) is 5.13. The molecule has 0 saturated heterocycles. The average molecular weight is 405 g/mol. The van der Waals surface area contributed by atoms with Crippen LogP contribution in [0.25, 0.3) is 0 Å². The van der Waals surface area contributed by atoms with Gasteiger partial charge in [0.2, 0.25) is 0 Å². The summed E-state index contributed by atoms with van der Waals surface area (Å²) in [7, 11) is -13.5. The second kappa shape index (κ2) is 8.61. The molecule has 0 rings (SSSR count). The normalized spacial score (nSPS) is 16.1. The zero-order valence-electron chi connectivity index (χ0n) is 12.1. The molecular weight excluding hydrogens is 385 g/mol. The summed E-state index contributed by atoms with van der Waals surface area (Å²) in [6.45, 7) is 0.510. The molecule has 1 atom stereocenters. The molecule has 0 spiro atoms. The first-order valence-corrected chi connectivity index (χ1v) is 10.4. The van der Waals surface area contributed by atoms with Gasteiger partial charge in [0.15, 0.2) is 0 Å². The Labute approximate surface area is 132 Å². The van der Waals surface area contributed by atoms with E-state index in [2.05, 4.69) is 18.1 Å². The second-order valence-electron chi connectivity index (χ2n) is 4.48. The lowest BCUT2D eigenvalue weighted by Gasteiger charge is -2.25. The summed E-state index contributed by atoms with van der Waals surface area (Å²) in [6.07, 6.45) is -0.970. The van der Waals surface area contributed by atoms with Crippen molar-refractivity contribution >= 4 is 30.5 Å². The van der Waals surface area contributed by atoms with Crippen LogP contribution < -0.4 is 0 Å². The smallest absolute Gasteiger partial charge is 0.469 e. The maximum absolute atomic E-state index is 11.3. The zero-order chi connectivity index (χ0) is 18.5. The van der Waals surface area contributed by atoms with E-state index < -0.39 is 55.5 Å². The minimum Gasteiger partial charge on any atom is -0.469 e. The lowest BCUT2D eigenvalue weighted by Crippen LogP contribution is -2.33. The van der Waals surface area contributed by atoms with Crippen molar-refractivity contribution < 1.29 is 62.0 Å². The van der Waals surface area contributed by atoms with Crippen LogP contribution in [0.5, 0.6) is 0 Å². The summed E-state index contributed by atoms with van der Waals surface area (Å²) in [5.41, 5.74) is -1.73. The SMILES string of the molecule is COC(=O)CC(C)(CCO[P+](O)(O)O[P+](O)(O)O)O[P+](O)(O)O. The summed E-state index contributed by atoms with van der Waals surface area (Å²) in [5.74, 6) is -0.836. The predicted octanol–water partition coefficient (Wildman–Crippen LogP) is -1.28. The maximum Gasteiger partial charge on any atom is 0.620 e. The Morgan fingerprint density at radius 3 is 1.91 bits per heavy atom. The Hall–Kier alpha value is 0.320. The van der Waals surface area contributed by atoms with Crippen molar-refractivity contribution in [2.45, 2.75) is 25.4 Å². The van der Waals surface area contributed by atoms with Gasteiger partial charge in [-0.2, -0.15) is 43.7 Å². The van der Waals surface area contributed by atoms with Gasteiger partial charge in [-0.15, -0.1) is 4.52 Å². The number of ether oxygens (including phenoxy) is 1. The van der Waals surface area contributed by atoms with Gasteiger partial charge in [-0.25, -0.2) is 0 Å². The highest BCUT2D eigenvalue weighted by atomic mass is 31.3. The quantitative estimate of drug-likeness (QED) is 0.157. The number of rotatable bonds is 10. The standard InChI is InChI=1S/C7H20O13P3/c1-7(5-6(8)17-2,19-21(9,10)11)3-4-18-23(15,16)20-22(12,13)14/h9-16H,3-5H2,1-2H3/q+3. The molecule has 8 N–H and O–H groups in total. The summed E-state index contributed by atoms with van der Waals surface area (Å²) >= 11 is 0. The Morgan fingerprint density at radius 1 is 1.00 bits per heavy atom. The van der Waals surface area contributed by atoms with E-state index in [4.69, 9.17) is 29.4 Å². The van der Waals surface area contributed by atoms with E-state index in [1.165, 1.54) is 6.92 Å².